The average Bonchev–Trinajstić information content (AvgIpc) is 2.89. The number of fused-ring (bicyclic) bond motifs is 1. The van der Waals surface area contributed by atoms with Crippen molar-refractivity contribution in [2.24, 2.45) is 4.99 Å². The number of rotatable bonds is 4. The number of amides is 1. The zero-order valence-electron chi connectivity index (χ0n) is 12.3. The molecule has 0 atom stereocenters. The van der Waals surface area contributed by atoms with Crippen molar-refractivity contribution in [1.82, 2.24) is 14.5 Å². The van der Waals surface area contributed by atoms with E-state index in [2.05, 4.69) is 15.0 Å². The van der Waals surface area contributed by atoms with Gasteiger partial charge in [0.05, 0.1) is 23.0 Å². The van der Waals surface area contributed by atoms with Crippen molar-refractivity contribution in [3.05, 3.63) is 53.1 Å². The standard InChI is InChI=1S/C15H13FN4O2S/c1-22-7-6-20-12-3-2-10(16)8-13(12)23-15(20)19-14(21)11-9-17-4-5-18-11/h2-5,8-9H,6-7H2,1H3. The summed E-state index contributed by atoms with van der Waals surface area (Å²) in [6, 6.07) is 4.48. The number of hydrogen-bond donors (Lipinski definition) is 0. The third-order valence-corrected chi connectivity index (χ3v) is 4.18. The second-order valence-corrected chi connectivity index (χ2v) is 5.66. The number of carbonyl (C=O) groups is 1. The average molecular weight is 332 g/mol. The number of aromatic nitrogens is 3. The lowest BCUT2D eigenvalue weighted by Crippen LogP contribution is -2.19. The second kappa shape index (κ2) is 6.76. The predicted molar refractivity (Wildman–Crippen MR) is 83.6 cm³/mol. The summed E-state index contributed by atoms with van der Waals surface area (Å²) >= 11 is 1.24. The number of halogens is 1. The van der Waals surface area contributed by atoms with Crippen LogP contribution in [0.3, 0.4) is 0 Å². The molecule has 3 rings (SSSR count). The number of nitrogens with zero attached hydrogens (tertiary/aromatic N) is 4. The van der Waals surface area contributed by atoms with E-state index in [4.69, 9.17) is 4.74 Å². The lowest BCUT2D eigenvalue weighted by molar-refractivity contribution is 0.0992. The van der Waals surface area contributed by atoms with Gasteiger partial charge in [0.1, 0.15) is 11.5 Å². The first-order valence-corrected chi connectivity index (χ1v) is 7.63. The van der Waals surface area contributed by atoms with Crippen LogP contribution in [-0.4, -0.2) is 34.2 Å². The molecule has 2 heterocycles. The molecule has 8 heteroatoms. The first-order chi connectivity index (χ1) is 11.2. The topological polar surface area (TPSA) is 69.4 Å². The van der Waals surface area contributed by atoms with Crippen LogP contribution in [0.2, 0.25) is 0 Å². The molecular formula is C15H13FN4O2S. The molecule has 0 bridgehead atoms. The fraction of sp³-hybridized carbons (Fsp3) is 0.200. The number of hydrogen-bond acceptors (Lipinski definition) is 5. The number of carbonyl (C=O) groups excluding carboxylic acids is 1. The Bertz CT molecular complexity index is 905. The number of methoxy groups -OCH3 is 1. The Labute approximate surface area is 134 Å². The Balaban J connectivity index is 2.11. The SMILES string of the molecule is COCCn1c(=NC(=O)c2cnccn2)sc2cc(F)ccc21. The first-order valence-electron chi connectivity index (χ1n) is 6.82. The fourth-order valence-corrected chi connectivity index (χ4v) is 3.16. The number of thiazole rings is 1. The summed E-state index contributed by atoms with van der Waals surface area (Å²) in [4.78, 5) is 24.6. The van der Waals surface area contributed by atoms with Gasteiger partial charge < -0.3 is 9.30 Å². The van der Waals surface area contributed by atoms with Crippen LogP contribution in [0.1, 0.15) is 10.5 Å². The molecular weight excluding hydrogens is 319 g/mol. The van der Waals surface area contributed by atoms with Gasteiger partial charge in [-0.25, -0.2) is 9.37 Å². The van der Waals surface area contributed by atoms with E-state index in [1.54, 1.807) is 13.2 Å². The van der Waals surface area contributed by atoms with Crippen molar-refractivity contribution >= 4 is 27.5 Å². The summed E-state index contributed by atoms with van der Waals surface area (Å²) in [6.07, 6.45) is 4.28. The molecule has 3 aromatic rings. The summed E-state index contributed by atoms with van der Waals surface area (Å²) in [6.45, 7) is 0.963. The maximum absolute atomic E-state index is 13.4. The van der Waals surface area contributed by atoms with Crippen molar-refractivity contribution in [3.8, 4) is 0 Å². The van der Waals surface area contributed by atoms with E-state index in [-0.39, 0.29) is 11.5 Å². The molecule has 0 aliphatic heterocycles. The number of ether oxygens (including phenoxy) is 1. The van der Waals surface area contributed by atoms with Gasteiger partial charge >= 0.3 is 0 Å². The van der Waals surface area contributed by atoms with Crippen LogP contribution >= 0.6 is 11.3 Å². The normalized spacial score (nSPS) is 12.0. The van der Waals surface area contributed by atoms with E-state index in [0.717, 1.165) is 5.52 Å². The molecule has 1 amide bonds. The molecule has 0 N–H and O–H groups in total. The van der Waals surface area contributed by atoms with Crippen LogP contribution in [0.25, 0.3) is 10.2 Å². The highest BCUT2D eigenvalue weighted by molar-refractivity contribution is 7.16. The smallest absolute Gasteiger partial charge is 0.299 e. The lowest BCUT2D eigenvalue weighted by Gasteiger charge is -2.03. The predicted octanol–water partition coefficient (Wildman–Crippen LogP) is 2.02. The minimum absolute atomic E-state index is 0.162. The van der Waals surface area contributed by atoms with Crippen LogP contribution in [0.5, 0.6) is 0 Å². The van der Waals surface area contributed by atoms with Crippen LogP contribution in [0, 0.1) is 5.82 Å². The summed E-state index contributed by atoms with van der Waals surface area (Å²) in [5.74, 6) is -0.819. The van der Waals surface area contributed by atoms with Gasteiger partial charge in [-0.1, -0.05) is 11.3 Å². The van der Waals surface area contributed by atoms with Crippen molar-refractivity contribution < 1.29 is 13.9 Å². The van der Waals surface area contributed by atoms with Gasteiger partial charge in [-0.3, -0.25) is 9.78 Å². The maximum Gasteiger partial charge on any atom is 0.299 e. The molecule has 0 fully saturated rings. The molecule has 0 saturated heterocycles. The summed E-state index contributed by atoms with van der Waals surface area (Å²) in [7, 11) is 1.59. The molecule has 0 saturated carbocycles. The minimum Gasteiger partial charge on any atom is -0.383 e. The van der Waals surface area contributed by atoms with Crippen LogP contribution in [-0.2, 0) is 11.3 Å². The van der Waals surface area contributed by atoms with Gasteiger partial charge in [0.2, 0.25) is 0 Å². The summed E-state index contributed by atoms with van der Waals surface area (Å²) < 4.78 is 21.1. The van der Waals surface area contributed by atoms with E-state index in [0.29, 0.717) is 22.7 Å². The van der Waals surface area contributed by atoms with E-state index in [9.17, 15) is 9.18 Å². The molecule has 0 spiro atoms. The lowest BCUT2D eigenvalue weighted by atomic mass is 10.3. The van der Waals surface area contributed by atoms with E-state index < -0.39 is 5.91 Å². The zero-order valence-corrected chi connectivity index (χ0v) is 13.1. The molecule has 118 valence electrons. The molecule has 6 nitrogen and oxygen atoms in total. The van der Waals surface area contributed by atoms with Crippen LogP contribution in [0.4, 0.5) is 4.39 Å². The zero-order chi connectivity index (χ0) is 16.2. The maximum atomic E-state index is 13.4. The van der Waals surface area contributed by atoms with E-state index >= 15 is 0 Å². The molecule has 23 heavy (non-hydrogen) atoms. The van der Waals surface area contributed by atoms with Gasteiger partial charge in [-0.2, -0.15) is 4.99 Å². The minimum atomic E-state index is -0.490. The van der Waals surface area contributed by atoms with E-state index in [1.807, 2.05) is 4.57 Å². The van der Waals surface area contributed by atoms with Gasteiger partial charge in [0.25, 0.3) is 5.91 Å². The molecule has 1 aromatic carbocycles. The third kappa shape index (κ3) is 3.33. The molecule has 0 radical (unpaired) electrons. The van der Waals surface area contributed by atoms with Crippen molar-refractivity contribution in [1.29, 1.82) is 0 Å². The molecule has 0 aliphatic rings. The highest BCUT2D eigenvalue weighted by atomic mass is 32.1. The Hall–Kier alpha value is -2.45. The number of benzene rings is 1. The Morgan fingerprint density at radius 1 is 1.43 bits per heavy atom. The van der Waals surface area contributed by atoms with Crippen LogP contribution in [0.15, 0.2) is 41.8 Å². The highest BCUT2D eigenvalue weighted by Crippen LogP contribution is 2.18. The monoisotopic (exact) mass is 332 g/mol. The third-order valence-electron chi connectivity index (χ3n) is 3.14. The van der Waals surface area contributed by atoms with Crippen molar-refractivity contribution in [2.45, 2.75) is 6.54 Å². The van der Waals surface area contributed by atoms with E-state index in [1.165, 1.54) is 42.1 Å². The van der Waals surface area contributed by atoms with Crippen LogP contribution < -0.4 is 4.80 Å². The van der Waals surface area contributed by atoms with Gasteiger partial charge in [-0.05, 0) is 18.2 Å². The van der Waals surface area contributed by atoms with Crippen molar-refractivity contribution in [2.75, 3.05) is 13.7 Å². The first kappa shape index (κ1) is 15.4. The Morgan fingerprint density at radius 3 is 3.04 bits per heavy atom. The highest BCUT2D eigenvalue weighted by Gasteiger charge is 2.10. The molecule has 0 unspecified atom stereocenters. The van der Waals surface area contributed by atoms with Crippen molar-refractivity contribution in [3.63, 3.8) is 0 Å². The largest absolute Gasteiger partial charge is 0.383 e. The fourth-order valence-electron chi connectivity index (χ4n) is 2.08. The Kier molecular flexibility index (Phi) is 4.54. The summed E-state index contributed by atoms with van der Waals surface area (Å²) in [5.41, 5.74) is 0.966. The van der Waals surface area contributed by atoms with Gasteiger partial charge in [-0.15, -0.1) is 0 Å². The second-order valence-electron chi connectivity index (χ2n) is 4.65. The summed E-state index contributed by atoms with van der Waals surface area (Å²) in [5, 5.41) is 0. The molecule has 0 aliphatic carbocycles. The molecule has 2 aromatic heterocycles. The quantitative estimate of drug-likeness (QED) is 0.733. The van der Waals surface area contributed by atoms with Gasteiger partial charge in [0.15, 0.2) is 4.80 Å². The Morgan fingerprint density at radius 2 is 2.30 bits per heavy atom. The van der Waals surface area contributed by atoms with Gasteiger partial charge in [0, 0.05) is 26.0 Å².